The van der Waals surface area contributed by atoms with Crippen molar-refractivity contribution in [2.24, 2.45) is 80.8 Å². The van der Waals surface area contributed by atoms with E-state index in [9.17, 15) is 34.5 Å². The van der Waals surface area contributed by atoms with E-state index in [0.717, 1.165) is 99.2 Å². The van der Waals surface area contributed by atoms with Crippen LogP contribution in [0.1, 0.15) is 245 Å². The predicted octanol–water partition coefficient (Wildman–Crippen LogP) is 13.9. The van der Waals surface area contributed by atoms with Crippen molar-refractivity contribution in [3.05, 3.63) is 23.3 Å². The first-order valence-electron chi connectivity index (χ1n) is 29.0. The molecule has 9 rings (SSSR count). The maximum absolute atomic E-state index is 12.1. The minimum absolute atomic E-state index is 0. The van der Waals surface area contributed by atoms with Crippen LogP contribution in [0.3, 0.4) is 0 Å². The Morgan fingerprint density at radius 1 is 0.644 bits per heavy atom. The Labute approximate surface area is 442 Å². The van der Waals surface area contributed by atoms with E-state index in [4.69, 9.17) is 9.84 Å². The molecule has 9 aliphatic rings. The molecule has 0 aromatic carbocycles. The molecule has 8 aliphatic carbocycles. The second-order valence-corrected chi connectivity index (χ2v) is 28.6. The highest BCUT2D eigenvalue weighted by Crippen LogP contribution is 2.69. The normalized spacial score (nSPS) is 41.3. The summed E-state index contributed by atoms with van der Waals surface area (Å²) in [6.45, 7) is 27.0. The summed E-state index contributed by atoms with van der Waals surface area (Å²) in [7, 11) is 0. The molecular formula is C63H104O10. The third-order valence-corrected chi connectivity index (χ3v) is 22.4. The van der Waals surface area contributed by atoms with Crippen molar-refractivity contribution in [1.82, 2.24) is 0 Å². The highest BCUT2D eigenvalue weighted by Gasteiger charge is 2.61. The van der Waals surface area contributed by atoms with Crippen molar-refractivity contribution in [3.8, 4) is 0 Å². The van der Waals surface area contributed by atoms with Crippen LogP contribution in [0.4, 0.5) is 0 Å². The summed E-state index contributed by atoms with van der Waals surface area (Å²) in [5.41, 5.74) is 2.45. The number of allylic oxidation sites excluding steroid dienone is 2. The quantitative estimate of drug-likeness (QED) is 0.0839. The van der Waals surface area contributed by atoms with E-state index in [0.29, 0.717) is 34.0 Å². The van der Waals surface area contributed by atoms with E-state index in [1.54, 1.807) is 5.57 Å². The van der Waals surface area contributed by atoms with Gasteiger partial charge >= 0.3 is 23.9 Å². The number of ether oxygens (including phenoxy) is 2. The van der Waals surface area contributed by atoms with Gasteiger partial charge in [-0.3, -0.25) is 19.2 Å². The van der Waals surface area contributed by atoms with Crippen molar-refractivity contribution < 1.29 is 49.1 Å². The SMILES string of the molecule is C.C[C@H](CCC(C)(C)O)[C@H]1CC[C@H]2[C@@H]3CC=C4C[C@@](C)(O)CC[C@]4(C)[C@H]3CC[C@]12C.C[C@H](CCC(C)(C)OC(=O)CCC(=O)O)[C@H]1CC[C@H]2[C@@H]3CC=C4C[C@@](C)(O)CC[C@]4(C)[C@H]3CC[C@]12C.O=C1CCC(=O)O1. The number of carbonyl (C=O) groups is 4. The van der Waals surface area contributed by atoms with Gasteiger partial charge in [-0.15, -0.1) is 0 Å². The maximum atomic E-state index is 12.1. The molecule has 1 aliphatic heterocycles. The average molecular weight is 1020 g/mol. The summed E-state index contributed by atoms with van der Waals surface area (Å²) in [5, 5.41) is 40.4. The van der Waals surface area contributed by atoms with E-state index < -0.39 is 46.3 Å². The first kappa shape index (κ1) is 59.7. The van der Waals surface area contributed by atoms with Crippen LogP contribution in [0.25, 0.3) is 0 Å². The van der Waals surface area contributed by atoms with Gasteiger partial charge in [-0.2, -0.15) is 0 Å². The lowest BCUT2D eigenvalue weighted by molar-refractivity contribution is -0.159. The molecule has 7 fully saturated rings. The number of cyclic esters (lactones) is 2. The molecule has 0 aromatic rings. The number of aliphatic hydroxyl groups is 3. The molecule has 1 saturated heterocycles. The zero-order chi connectivity index (χ0) is 53.0. The van der Waals surface area contributed by atoms with E-state index in [1.807, 2.05) is 41.5 Å². The zero-order valence-electron chi connectivity index (χ0n) is 47.1. The molecule has 0 amide bonds. The number of esters is 3. The fraction of sp³-hybridized carbons (Fsp3) is 0.873. The van der Waals surface area contributed by atoms with Crippen molar-refractivity contribution in [2.45, 2.75) is 267 Å². The molecular weight excluding hydrogens is 917 g/mol. The van der Waals surface area contributed by atoms with Crippen molar-refractivity contribution in [2.75, 3.05) is 0 Å². The van der Waals surface area contributed by atoms with Crippen molar-refractivity contribution >= 4 is 23.9 Å². The van der Waals surface area contributed by atoms with Gasteiger partial charge in [-0.1, -0.05) is 72.3 Å². The van der Waals surface area contributed by atoms with E-state index in [2.05, 4.69) is 58.4 Å². The number of carboxylic acids is 1. The molecule has 4 N–H and O–H groups in total. The lowest BCUT2D eigenvalue weighted by atomic mass is 9.46. The van der Waals surface area contributed by atoms with Gasteiger partial charge in [0, 0.05) is 0 Å². The number of hydrogen-bond donors (Lipinski definition) is 4. The molecule has 73 heavy (non-hydrogen) atoms. The van der Waals surface area contributed by atoms with Gasteiger partial charge in [0.1, 0.15) is 5.60 Å². The zero-order valence-corrected chi connectivity index (χ0v) is 47.1. The van der Waals surface area contributed by atoms with Crippen LogP contribution in [0, 0.1) is 80.8 Å². The third-order valence-electron chi connectivity index (χ3n) is 22.4. The Morgan fingerprint density at radius 3 is 1.45 bits per heavy atom. The maximum Gasteiger partial charge on any atom is 0.314 e. The number of hydrogen-bond acceptors (Lipinski definition) is 9. The molecule has 10 nitrogen and oxygen atoms in total. The topological polar surface area (TPSA) is 168 Å². The summed E-state index contributed by atoms with van der Waals surface area (Å²) < 4.78 is 9.74. The minimum Gasteiger partial charge on any atom is -0.481 e. The molecule has 0 aromatic heterocycles. The summed E-state index contributed by atoms with van der Waals surface area (Å²) in [5.74, 6) is 5.47. The standard InChI is InChI=1S/C31H50O5.C27H46O2.C4H4O3.CH4/c1-20(13-15-28(2,3)36-27(34)12-11-26(32)33)23-9-10-24-22-8-7-21-19-29(4,35)17-18-30(21,5)25(22)14-16-31(23,24)6;1-18(11-13-24(2,3)28)21-9-10-22-20-8-7-19-17-25(4,29)15-16-26(19,5)23(20)12-14-27(21,22)6;5-3-1-2-4(6)7-3;/h7,20,22-25,35H,8-19H2,1-6H3,(H,32,33);7,18,20-23,28-29H,8-17H2,1-6H3;1-2H2;1H4/t20-,22+,23-,24+,25+,29+,30+,31-;18-,20+,21-,22+,23+,25+,26+,27-;;/m11../s1. The smallest absolute Gasteiger partial charge is 0.314 e. The monoisotopic (exact) mass is 1020 g/mol. The molecule has 10 heteroatoms. The van der Waals surface area contributed by atoms with Crippen LogP contribution in [0.2, 0.25) is 0 Å². The van der Waals surface area contributed by atoms with Crippen LogP contribution < -0.4 is 0 Å². The number of rotatable bonds is 12. The number of carboxylic acid groups (broad SMARTS) is 1. The summed E-state index contributed by atoms with van der Waals surface area (Å²) in [4.78, 5) is 42.9. The van der Waals surface area contributed by atoms with E-state index in [-0.39, 0.29) is 38.5 Å². The Hall–Kier alpha value is -2.56. The Bertz CT molecular complexity index is 2040. The Balaban J connectivity index is 0.000000210. The molecule has 0 radical (unpaired) electrons. The largest absolute Gasteiger partial charge is 0.481 e. The molecule has 0 unspecified atom stereocenters. The first-order valence-corrected chi connectivity index (χ1v) is 29.0. The van der Waals surface area contributed by atoms with Gasteiger partial charge in [-0.05, 0) is 251 Å². The molecule has 0 bridgehead atoms. The van der Waals surface area contributed by atoms with Gasteiger partial charge < -0.3 is 29.9 Å². The third kappa shape index (κ3) is 12.9. The molecule has 6 saturated carbocycles. The fourth-order valence-corrected chi connectivity index (χ4v) is 18.2. The van der Waals surface area contributed by atoms with Crippen LogP contribution in [0.5, 0.6) is 0 Å². The van der Waals surface area contributed by atoms with Crippen LogP contribution in [-0.4, -0.2) is 66.7 Å². The van der Waals surface area contributed by atoms with Crippen molar-refractivity contribution in [1.29, 1.82) is 0 Å². The Kier molecular flexibility index (Phi) is 18.0. The first-order chi connectivity index (χ1) is 33.3. The van der Waals surface area contributed by atoms with Gasteiger partial charge in [0.15, 0.2) is 0 Å². The number of fused-ring (bicyclic) bond motifs is 10. The van der Waals surface area contributed by atoms with Crippen LogP contribution in [-0.2, 0) is 28.7 Å². The minimum atomic E-state index is -0.967. The number of carbonyl (C=O) groups excluding carboxylic acids is 3. The summed E-state index contributed by atoms with van der Waals surface area (Å²) in [6, 6.07) is 0. The van der Waals surface area contributed by atoms with Gasteiger partial charge in [0.2, 0.25) is 0 Å². The Morgan fingerprint density at radius 2 is 1.07 bits per heavy atom. The second kappa shape index (κ2) is 22.1. The van der Waals surface area contributed by atoms with E-state index in [1.165, 1.54) is 76.2 Å². The second-order valence-electron chi connectivity index (χ2n) is 28.6. The summed E-state index contributed by atoms with van der Waals surface area (Å²) in [6.07, 6.45) is 28.4. The predicted molar refractivity (Wildman–Crippen MR) is 289 cm³/mol. The van der Waals surface area contributed by atoms with Crippen LogP contribution in [0.15, 0.2) is 23.3 Å². The molecule has 0 spiro atoms. The lowest BCUT2D eigenvalue weighted by Crippen LogP contribution is -2.52. The van der Waals surface area contributed by atoms with Crippen molar-refractivity contribution in [3.63, 3.8) is 0 Å². The van der Waals surface area contributed by atoms with Gasteiger partial charge in [-0.25, -0.2) is 0 Å². The van der Waals surface area contributed by atoms with Gasteiger partial charge in [0.25, 0.3) is 0 Å². The molecule has 1 heterocycles. The van der Waals surface area contributed by atoms with Crippen LogP contribution >= 0.6 is 0 Å². The van der Waals surface area contributed by atoms with E-state index >= 15 is 0 Å². The summed E-state index contributed by atoms with van der Waals surface area (Å²) >= 11 is 0. The fourth-order valence-electron chi connectivity index (χ4n) is 18.2. The van der Waals surface area contributed by atoms with Gasteiger partial charge in [0.05, 0.1) is 42.5 Å². The highest BCUT2D eigenvalue weighted by atomic mass is 16.6. The highest BCUT2D eigenvalue weighted by molar-refractivity contribution is 5.92. The number of aliphatic carboxylic acids is 1. The lowest BCUT2D eigenvalue weighted by Gasteiger charge is -2.59. The molecule has 16 atom stereocenters. The molecule has 416 valence electrons. The average Bonchev–Trinajstić information content (AvgIpc) is 3.97.